The summed E-state index contributed by atoms with van der Waals surface area (Å²) in [4.78, 5) is 15.7. The maximum atomic E-state index is 13.3. The summed E-state index contributed by atoms with van der Waals surface area (Å²) in [6.45, 7) is 4.32. The second-order valence-electron chi connectivity index (χ2n) is 13.0. The SMILES string of the molecule is C[C@H]1COC2CCO[C@H](C2)[C@@H]2CC[C@H]2CN2C[C@@]3(CCCc4cc(Cl)ccc43)COc3ccc(cc32)C(=O)NS1(=O)=O. The normalized spacial score (nSPS) is 34.2. The highest BCUT2D eigenvalue weighted by Crippen LogP contribution is 2.47. The largest absolute Gasteiger partial charge is 0.490 e. The number of halogens is 1. The first-order valence-electron chi connectivity index (χ1n) is 15.3. The van der Waals surface area contributed by atoms with Gasteiger partial charge >= 0.3 is 0 Å². The average molecular weight is 615 g/mol. The minimum atomic E-state index is -3.93. The Bertz CT molecular complexity index is 1480. The molecule has 7 rings (SSSR count). The molecule has 226 valence electrons. The van der Waals surface area contributed by atoms with Gasteiger partial charge in [0.25, 0.3) is 5.91 Å². The predicted molar refractivity (Wildman–Crippen MR) is 161 cm³/mol. The summed E-state index contributed by atoms with van der Waals surface area (Å²) in [5, 5.41) is -0.117. The van der Waals surface area contributed by atoms with Crippen LogP contribution in [0.1, 0.15) is 66.9 Å². The lowest BCUT2D eigenvalue weighted by Crippen LogP contribution is -2.51. The molecule has 0 aromatic heterocycles. The van der Waals surface area contributed by atoms with Gasteiger partial charge in [0.15, 0.2) is 0 Å². The van der Waals surface area contributed by atoms with Gasteiger partial charge in [0.2, 0.25) is 10.0 Å². The number of carbonyl (C=O) groups excluding carboxylic acids is 1. The first-order chi connectivity index (χ1) is 20.2. The Kier molecular flexibility index (Phi) is 7.44. The molecule has 5 aliphatic rings. The zero-order valence-electron chi connectivity index (χ0n) is 24.0. The molecule has 42 heavy (non-hydrogen) atoms. The number of fused-ring (bicyclic) bond motifs is 7. The molecule has 2 aliphatic carbocycles. The molecule has 10 heteroatoms. The van der Waals surface area contributed by atoms with Gasteiger partial charge in [-0.15, -0.1) is 0 Å². The van der Waals surface area contributed by atoms with Crippen LogP contribution in [-0.4, -0.2) is 64.7 Å². The fourth-order valence-electron chi connectivity index (χ4n) is 7.74. The molecule has 2 aromatic carbocycles. The van der Waals surface area contributed by atoms with Gasteiger partial charge in [-0.1, -0.05) is 17.7 Å². The molecule has 4 bridgehead atoms. The van der Waals surface area contributed by atoms with Crippen LogP contribution in [0.3, 0.4) is 0 Å². The zero-order chi connectivity index (χ0) is 29.1. The number of nitrogens with zero attached hydrogens (tertiary/aromatic N) is 1. The molecule has 1 N–H and O–H groups in total. The van der Waals surface area contributed by atoms with Crippen molar-refractivity contribution in [2.45, 2.75) is 74.7 Å². The molecule has 3 heterocycles. The molecule has 8 nitrogen and oxygen atoms in total. The number of rotatable bonds is 0. The number of sulfonamides is 1. The van der Waals surface area contributed by atoms with Crippen LogP contribution in [-0.2, 0) is 31.3 Å². The smallest absolute Gasteiger partial charge is 0.264 e. The number of ether oxygens (including phenoxy) is 3. The monoisotopic (exact) mass is 614 g/mol. The molecule has 3 aliphatic heterocycles. The van der Waals surface area contributed by atoms with E-state index in [2.05, 4.69) is 21.8 Å². The Morgan fingerprint density at radius 1 is 1.10 bits per heavy atom. The molecule has 0 radical (unpaired) electrons. The summed E-state index contributed by atoms with van der Waals surface area (Å²) >= 11 is 6.41. The summed E-state index contributed by atoms with van der Waals surface area (Å²) in [7, 11) is -3.93. The topological polar surface area (TPSA) is 94.2 Å². The maximum Gasteiger partial charge on any atom is 0.264 e. The first kappa shape index (κ1) is 28.4. The van der Waals surface area contributed by atoms with E-state index in [1.54, 1.807) is 19.1 Å². The van der Waals surface area contributed by atoms with Crippen LogP contribution in [0, 0.1) is 11.8 Å². The minimum absolute atomic E-state index is 0.0364. The molecule has 1 unspecified atom stereocenters. The van der Waals surface area contributed by atoms with E-state index in [1.165, 1.54) is 11.1 Å². The average Bonchev–Trinajstić information content (AvgIpc) is 3.10. The minimum Gasteiger partial charge on any atom is -0.490 e. The van der Waals surface area contributed by atoms with Crippen molar-refractivity contribution in [1.82, 2.24) is 4.72 Å². The number of carbonyl (C=O) groups is 1. The van der Waals surface area contributed by atoms with Gasteiger partial charge in [-0.05, 0) is 98.7 Å². The van der Waals surface area contributed by atoms with Crippen molar-refractivity contribution in [1.29, 1.82) is 0 Å². The summed E-state index contributed by atoms with van der Waals surface area (Å²) in [5.41, 5.74) is 3.48. The van der Waals surface area contributed by atoms with Crippen molar-refractivity contribution in [3.63, 3.8) is 0 Å². The molecule has 2 fully saturated rings. The quantitative estimate of drug-likeness (QED) is 0.453. The number of anilines is 1. The zero-order valence-corrected chi connectivity index (χ0v) is 25.6. The van der Waals surface area contributed by atoms with Crippen LogP contribution in [0.4, 0.5) is 5.69 Å². The third-order valence-electron chi connectivity index (χ3n) is 10.3. The van der Waals surface area contributed by atoms with Crippen LogP contribution in [0.2, 0.25) is 5.02 Å². The van der Waals surface area contributed by atoms with Crippen molar-refractivity contribution in [2.24, 2.45) is 11.8 Å². The number of hydrogen-bond donors (Lipinski definition) is 1. The van der Waals surface area contributed by atoms with Crippen LogP contribution in [0.15, 0.2) is 36.4 Å². The van der Waals surface area contributed by atoms with Crippen molar-refractivity contribution < 1.29 is 27.4 Å². The Hall–Kier alpha value is -2.33. The van der Waals surface area contributed by atoms with Crippen molar-refractivity contribution >= 4 is 33.2 Å². The van der Waals surface area contributed by atoms with E-state index in [0.717, 1.165) is 74.5 Å². The Balaban J connectivity index is 1.29. The van der Waals surface area contributed by atoms with Gasteiger partial charge in [0.1, 0.15) is 11.0 Å². The summed E-state index contributed by atoms with van der Waals surface area (Å²) < 4.78 is 47.5. The van der Waals surface area contributed by atoms with Crippen LogP contribution >= 0.6 is 11.6 Å². The maximum absolute atomic E-state index is 13.3. The van der Waals surface area contributed by atoms with E-state index < -0.39 is 21.2 Å². The standard InChI is InChI=1S/C32H39ClN2O6S/c1-20-17-40-25-10-12-39-30(15-25)26-7-4-23(26)16-35-18-32(11-2-3-21-13-24(33)6-8-27(21)32)19-41-29-9-5-22(14-28(29)35)31(36)34-42(20,37)38/h5-6,8-9,13-14,20,23,25-26,30H,2-4,7,10-12,15-19H2,1H3,(H,34,36)/t20-,23-,25?,26+,30+,32-/m0/s1. The Labute approximate surface area is 253 Å². The molecular weight excluding hydrogens is 576 g/mol. The molecule has 1 amide bonds. The number of hydrogen-bond acceptors (Lipinski definition) is 7. The Morgan fingerprint density at radius 3 is 2.81 bits per heavy atom. The molecular formula is C32H39ClN2O6S. The van der Waals surface area contributed by atoms with Crippen molar-refractivity contribution in [2.75, 3.05) is 37.8 Å². The number of nitrogens with one attached hydrogen (secondary N) is 1. The van der Waals surface area contributed by atoms with E-state index >= 15 is 0 Å². The third-order valence-corrected chi connectivity index (χ3v) is 12.2. The van der Waals surface area contributed by atoms with Gasteiger partial charge < -0.3 is 19.1 Å². The summed E-state index contributed by atoms with van der Waals surface area (Å²) in [5.74, 6) is 0.939. The first-order valence-corrected chi connectivity index (χ1v) is 17.2. The van der Waals surface area contributed by atoms with Crippen LogP contribution in [0.5, 0.6) is 5.75 Å². The van der Waals surface area contributed by atoms with Gasteiger partial charge in [0, 0.05) is 42.1 Å². The van der Waals surface area contributed by atoms with E-state index in [1.807, 2.05) is 12.1 Å². The lowest BCUT2D eigenvalue weighted by Gasteiger charge is -2.48. The second kappa shape index (κ2) is 11.0. The Morgan fingerprint density at radius 2 is 1.98 bits per heavy atom. The van der Waals surface area contributed by atoms with Gasteiger partial charge in [-0.3, -0.25) is 4.79 Å². The van der Waals surface area contributed by atoms with Crippen molar-refractivity contribution in [3.8, 4) is 5.75 Å². The van der Waals surface area contributed by atoms with Gasteiger partial charge in [-0.2, -0.15) is 0 Å². The van der Waals surface area contributed by atoms with E-state index in [0.29, 0.717) is 30.6 Å². The molecule has 2 aromatic rings. The molecule has 1 saturated carbocycles. The molecule has 1 saturated heterocycles. The number of aryl methyl sites for hydroxylation is 1. The highest BCUT2D eigenvalue weighted by Gasteiger charge is 2.45. The number of benzene rings is 2. The lowest BCUT2D eigenvalue weighted by atomic mass is 9.67. The van der Waals surface area contributed by atoms with Crippen LogP contribution in [0.25, 0.3) is 0 Å². The number of amides is 1. The van der Waals surface area contributed by atoms with Crippen LogP contribution < -0.4 is 14.4 Å². The lowest BCUT2D eigenvalue weighted by molar-refractivity contribution is -0.116. The van der Waals surface area contributed by atoms with Crippen molar-refractivity contribution in [3.05, 3.63) is 58.1 Å². The summed E-state index contributed by atoms with van der Waals surface area (Å²) in [6, 6.07) is 11.5. The van der Waals surface area contributed by atoms with Gasteiger partial charge in [0.05, 0.1) is 31.1 Å². The summed E-state index contributed by atoms with van der Waals surface area (Å²) in [6.07, 6.45) is 6.83. The predicted octanol–water partition coefficient (Wildman–Crippen LogP) is 4.87. The molecule has 1 spiro atoms. The fourth-order valence-corrected chi connectivity index (χ4v) is 8.77. The third kappa shape index (κ3) is 5.20. The fraction of sp³-hybridized carbons (Fsp3) is 0.594. The van der Waals surface area contributed by atoms with E-state index in [-0.39, 0.29) is 24.2 Å². The highest BCUT2D eigenvalue weighted by atomic mass is 35.5. The van der Waals surface area contributed by atoms with E-state index in [4.69, 9.17) is 25.8 Å². The van der Waals surface area contributed by atoms with Gasteiger partial charge in [-0.25, -0.2) is 13.1 Å². The van der Waals surface area contributed by atoms with E-state index in [9.17, 15) is 13.2 Å². The second-order valence-corrected chi connectivity index (χ2v) is 15.5. The molecule has 6 atom stereocenters. The highest BCUT2D eigenvalue weighted by molar-refractivity contribution is 7.90.